The van der Waals surface area contributed by atoms with Crippen LogP contribution in [0.1, 0.15) is 11.6 Å². The van der Waals surface area contributed by atoms with E-state index in [0.29, 0.717) is 0 Å². The van der Waals surface area contributed by atoms with E-state index in [-0.39, 0.29) is 18.7 Å². The van der Waals surface area contributed by atoms with Crippen LogP contribution in [0.15, 0.2) is 18.2 Å². The first kappa shape index (κ1) is 11.6. The third kappa shape index (κ3) is 2.75. The summed E-state index contributed by atoms with van der Waals surface area (Å²) in [5, 5.41) is 2.78. The van der Waals surface area contributed by atoms with Crippen molar-refractivity contribution < 1.29 is 8.78 Å². The predicted octanol–water partition coefficient (Wildman–Crippen LogP) is 1.19. The van der Waals surface area contributed by atoms with Crippen LogP contribution in [0.3, 0.4) is 0 Å². The minimum absolute atomic E-state index is 0.0600. The van der Waals surface area contributed by atoms with E-state index in [1.165, 1.54) is 18.2 Å². The quantitative estimate of drug-likeness (QED) is 0.732. The fourth-order valence-electron chi connectivity index (χ4n) is 1.33. The maximum atomic E-state index is 13.3. The molecule has 0 aliphatic carbocycles. The Balaban J connectivity index is 2.96. The maximum absolute atomic E-state index is 13.3. The van der Waals surface area contributed by atoms with Crippen LogP contribution in [0.5, 0.6) is 0 Å². The van der Waals surface area contributed by atoms with Gasteiger partial charge in [-0.3, -0.25) is 5.32 Å². The third-order valence-electron chi connectivity index (χ3n) is 2.03. The largest absolute Gasteiger partial charge is 0.329 e. The average Bonchev–Trinajstić information content (AvgIpc) is 2.22. The molecule has 0 amide bonds. The van der Waals surface area contributed by atoms with E-state index >= 15 is 0 Å². The van der Waals surface area contributed by atoms with Crippen LogP contribution in [0.4, 0.5) is 8.78 Å². The highest BCUT2D eigenvalue weighted by molar-refractivity contribution is 5.23. The SMILES string of the molecule is C#CCNC(CN)c1c(F)cccc1F. The van der Waals surface area contributed by atoms with Gasteiger partial charge < -0.3 is 5.73 Å². The van der Waals surface area contributed by atoms with Gasteiger partial charge in [-0.25, -0.2) is 8.78 Å². The van der Waals surface area contributed by atoms with Crippen LogP contribution in [0, 0.1) is 24.0 Å². The first-order valence-electron chi connectivity index (χ1n) is 4.51. The highest BCUT2D eigenvalue weighted by Gasteiger charge is 2.17. The van der Waals surface area contributed by atoms with Crippen LogP contribution in [-0.4, -0.2) is 13.1 Å². The number of rotatable bonds is 4. The Hall–Kier alpha value is -1.44. The van der Waals surface area contributed by atoms with E-state index in [9.17, 15) is 8.78 Å². The predicted molar refractivity (Wildman–Crippen MR) is 55.0 cm³/mol. The molecule has 1 atom stereocenters. The van der Waals surface area contributed by atoms with Gasteiger partial charge in [-0.1, -0.05) is 12.0 Å². The van der Waals surface area contributed by atoms with Gasteiger partial charge in [0.15, 0.2) is 0 Å². The number of halogens is 2. The molecule has 0 aliphatic rings. The van der Waals surface area contributed by atoms with Crippen molar-refractivity contribution in [2.45, 2.75) is 6.04 Å². The monoisotopic (exact) mass is 210 g/mol. The van der Waals surface area contributed by atoms with Gasteiger partial charge in [-0.2, -0.15) is 0 Å². The topological polar surface area (TPSA) is 38.0 Å². The summed E-state index contributed by atoms with van der Waals surface area (Å²) in [5.41, 5.74) is 5.36. The molecule has 0 heterocycles. The van der Waals surface area contributed by atoms with Crippen molar-refractivity contribution in [2.75, 3.05) is 13.1 Å². The first-order chi connectivity index (χ1) is 7.20. The van der Waals surface area contributed by atoms with Gasteiger partial charge in [0.1, 0.15) is 11.6 Å². The molecule has 0 saturated carbocycles. The zero-order valence-electron chi connectivity index (χ0n) is 8.13. The second-order valence-corrected chi connectivity index (χ2v) is 3.01. The first-order valence-corrected chi connectivity index (χ1v) is 4.51. The minimum atomic E-state index is -0.616. The molecule has 2 nitrogen and oxygen atoms in total. The van der Waals surface area contributed by atoms with Crippen LogP contribution >= 0.6 is 0 Å². The average molecular weight is 210 g/mol. The van der Waals surface area contributed by atoms with Crippen molar-refractivity contribution in [1.82, 2.24) is 5.32 Å². The number of terminal acetylenes is 1. The lowest BCUT2D eigenvalue weighted by Crippen LogP contribution is -2.30. The third-order valence-corrected chi connectivity index (χ3v) is 2.03. The van der Waals surface area contributed by atoms with E-state index in [0.717, 1.165) is 0 Å². The molecule has 1 aromatic rings. The van der Waals surface area contributed by atoms with E-state index in [1.807, 2.05) is 0 Å². The Labute approximate surface area is 87.5 Å². The Morgan fingerprint density at radius 1 is 1.40 bits per heavy atom. The van der Waals surface area contributed by atoms with Gasteiger partial charge in [-0.15, -0.1) is 6.42 Å². The van der Waals surface area contributed by atoms with E-state index in [2.05, 4.69) is 11.2 Å². The normalized spacial score (nSPS) is 12.1. The molecule has 0 fully saturated rings. The van der Waals surface area contributed by atoms with Crippen LogP contribution in [0.2, 0.25) is 0 Å². The highest BCUT2D eigenvalue weighted by Crippen LogP contribution is 2.19. The molecule has 0 aromatic heterocycles. The van der Waals surface area contributed by atoms with Crippen molar-refractivity contribution in [1.29, 1.82) is 0 Å². The number of nitrogens with two attached hydrogens (primary N) is 1. The summed E-state index contributed by atoms with van der Waals surface area (Å²) in [5.74, 6) is 1.10. The van der Waals surface area contributed by atoms with Gasteiger partial charge in [0.25, 0.3) is 0 Å². The molecule has 0 radical (unpaired) electrons. The summed E-state index contributed by atoms with van der Waals surface area (Å²) in [6.07, 6.45) is 5.04. The molecule has 15 heavy (non-hydrogen) atoms. The lowest BCUT2D eigenvalue weighted by molar-refractivity contribution is 0.487. The molecular formula is C11H12F2N2. The van der Waals surface area contributed by atoms with Crippen molar-refractivity contribution >= 4 is 0 Å². The zero-order chi connectivity index (χ0) is 11.3. The number of nitrogens with one attached hydrogen (secondary N) is 1. The Morgan fingerprint density at radius 3 is 2.47 bits per heavy atom. The lowest BCUT2D eigenvalue weighted by Gasteiger charge is -2.16. The second-order valence-electron chi connectivity index (χ2n) is 3.01. The summed E-state index contributed by atoms with van der Waals surface area (Å²) in [4.78, 5) is 0. The number of hydrogen-bond acceptors (Lipinski definition) is 2. The van der Waals surface area contributed by atoms with Gasteiger partial charge in [0.05, 0.1) is 12.6 Å². The smallest absolute Gasteiger partial charge is 0.130 e. The molecule has 1 aromatic carbocycles. The van der Waals surface area contributed by atoms with Gasteiger partial charge >= 0.3 is 0 Å². The van der Waals surface area contributed by atoms with Gasteiger partial charge in [0, 0.05) is 12.1 Å². The molecule has 0 spiro atoms. The van der Waals surface area contributed by atoms with Crippen molar-refractivity contribution in [2.24, 2.45) is 5.73 Å². The van der Waals surface area contributed by atoms with Crippen LogP contribution in [-0.2, 0) is 0 Å². The van der Waals surface area contributed by atoms with Crippen molar-refractivity contribution in [3.05, 3.63) is 35.4 Å². The fraction of sp³-hybridized carbons (Fsp3) is 0.273. The summed E-state index contributed by atoms with van der Waals surface area (Å²) >= 11 is 0. The standard InChI is InChI=1S/C11H12F2N2/c1-2-6-15-10(7-14)11-8(12)4-3-5-9(11)13/h1,3-5,10,15H,6-7,14H2. The summed E-state index contributed by atoms with van der Waals surface area (Å²) in [6, 6.07) is 3.10. The van der Waals surface area contributed by atoms with Crippen molar-refractivity contribution in [3.63, 3.8) is 0 Å². The van der Waals surface area contributed by atoms with E-state index in [4.69, 9.17) is 12.2 Å². The number of hydrogen-bond donors (Lipinski definition) is 2. The molecule has 80 valence electrons. The molecule has 1 unspecified atom stereocenters. The second kappa shape index (κ2) is 5.44. The fourth-order valence-corrected chi connectivity index (χ4v) is 1.33. The van der Waals surface area contributed by atoms with Crippen LogP contribution < -0.4 is 11.1 Å². The van der Waals surface area contributed by atoms with Gasteiger partial charge in [-0.05, 0) is 12.1 Å². The molecule has 3 N–H and O–H groups in total. The highest BCUT2D eigenvalue weighted by atomic mass is 19.1. The minimum Gasteiger partial charge on any atom is -0.329 e. The maximum Gasteiger partial charge on any atom is 0.130 e. The van der Waals surface area contributed by atoms with E-state index < -0.39 is 17.7 Å². The van der Waals surface area contributed by atoms with Crippen molar-refractivity contribution in [3.8, 4) is 12.3 Å². The Bertz CT molecular complexity index is 351. The molecule has 1 rings (SSSR count). The van der Waals surface area contributed by atoms with Crippen LogP contribution in [0.25, 0.3) is 0 Å². The summed E-state index contributed by atoms with van der Waals surface area (Å²) < 4.78 is 26.7. The lowest BCUT2D eigenvalue weighted by atomic mass is 10.1. The van der Waals surface area contributed by atoms with Gasteiger partial charge in [0.2, 0.25) is 0 Å². The molecule has 0 saturated heterocycles. The number of benzene rings is 1. The molecule has 4 heteroatoms. The molecular weight excluding hydrogens is 198 g/mol. The zero-order valence-corrected chi connectivity index (χ0v) is 8.13. The molecule has 0 bridgehead atoms. The summed E-state index contributed by atoms with van der Waals surface area (Å²) in [7, 11) is 0. The molecule has 0 aliphatic heterocycles. The Kier molecular flexibility index (Phi) is 4.22. The summed E-state index contributed by atoms with van der Waals surface area (Å²) in [6.45, 7) is 0.301. The Morgan fingerprint density at radius 2 is 2.00 bits per heavy atom. The van der Waals surface area contributed by atoms with E-state index in [1.54, 1.807) is 0 Å².